The molecule has 1 aromatic heterocycles. The van der Waals surface area contributed by atoms with Crippen molar-refractivity contribution in [3.05, 3.63) is 53.3 Å². The topological polar surface area (TPSA) is 91.9 Å². The Kier molecular flexibility index (Phi) is 5.90. The molecule has 0 radical (unpaired) electrons. The molecule has 0 saturated carbocycles. The van der Waals surface area contributed by atoms with Gasteiger partial charge in [-0.25, -0.2) is 0 Å². The van der Waals surface area contributed by atoms with Crippen molar-refractivity contribution in [1.29, 1.82) is 0 Å². The molecular formula is C25H28N4O4. The maximum atomic E-state index is 12.8. The zero-order valence-corrected chi connectivity index (χ0v) is 18.8. The van der Waals surface area contributed by atoms with Crippen molar-refractivity contribution >= 4 is 11.6 Å². The monoisotopic (exact) mass is 448 g/mol. The summed E-state index contributed by atoms with van der Waals surface area (Å²) >= 11 is 0. The molecule has 33 heavy (non-hydrogen) atoms. The Bertz CT molecular complexity index is 1150. The van der Waals surface area contributed by atoms with Crippen LogP contribution in [0, 0.1) is 0 Å². The lowest BCUT2D eigenvalue weighted by atomic mass is 9.89. The number of fused-ring (bicyclic) bond motifs is 1. The van der Waals surface area contributed by atoms with Crippen LogP contribution in [0.15, 0.2) is 40.9 Å². The van der Waals surface area contributed by atoms with Gasteiger partial charge in [-0.15, -0.1) is 0 Å². The summed E-state index contributed by atoms with van der Waals surface area (Å²) < 4.78 is 10.9. The summed E-state index contributed by atoms with van der Waals surface area (Å²) in [4.78, 5) is 21.3. The molecule has 2 heterocycles. The molecule has 0 spiro atoms. The second-order valence-corrected chi connectivity index (χ2v) is 8.54. The van der Waals surface area contributed by atoms with Gasteiger partial charge in [-0.3, -0.25) is 4.79 Å². The molecule has 1 amide bonds. The van der Waals surface area contributed by atoms with Crippen LogP contribution in [0.2, 0.25) is 0 Å². The fourth-order valence-electron chi connectivity index (χ4n) is 4.75. The number of nitrogens with zero attached hydrogens (tertiary/aromatic N) is 4. The van der Waals surface area contributed by atoms with Crippen molar-refractivity contribution in [1.82, 2.24) is 15.0 Å². The van der Waals surface area contributed by atoms with Crippen LogP contribution in [0.1, 0.15) is 29.8 Å². The summed E-state index contributed by atoms with van der Waals surface area (Å²) in [5.74, 6) is 1.61. The number of methoxy groups -OCH3 is 1. The molecular weight excluding hydrogens is 420 g/mol. The number of amides is 1. The Morgan fingerprint density at radius 3 is 2.70 bits per heavy atom. The fraction of sp³-hybridized carbons (Fsp3) is 0.400. The third-order valence-corrected chi connectivity index (χ3v) is 6.57. The highest BCUT2D eigenvalue weighted by Crippen LogP contribution is 2.37. The molecule has 3 aromatic rings. The lowest BCUT2D eigenvalue weighted by molar-refractivity contribution is -0.130. The first-order valence-electron chi connectivity index (χ1n) is 11.5. The number of phenols is 1. The van der Waals surface area contributed by atoms with E-state index in [2.05, 4.69) is 15.0 Å². The summed E-state index contributed by atoms with van der Waals surface area (Å²) in [6, 6.07) is 11.8. The van der Waals surface area contributed by atoms with Crippen molar-refractivity contribution in [2.45, 2.75) is 32.1 Å². The summed E-state index contributed by atoms with van der Waals surface area (Å²) in [6.45, 7) is 2.69. The Hall–Kier alpha value is -3.55. The van der Waals surface area contributed by atoms with Crippen molar-refractivity contribution in [3.8, 4) is 23.0 Å². The molecule has 0 bridgehead atoms. The molecule has 5 rings (SSSR count). The standard InChI is InChI=1S/C25H28N4O4/c1-32-21-9-5-4-8-20(21)28-12-14-29(15-13-28)23(30)16-22-26-25(33-27-22)19-11-10-17-6-2-3-7-18(17)24(19)31/h4-5,8-11,31H,2-3,6-7,12-16H2,1H3. The van der Waals surface area contributed by atoms with Gasteiger partial charge in [-0.2, -0.15) is 4.98 Å². The molecule has 0 unspecified atom stereocenters. The molecule has 2 aliphatic rings. The van der Waals surface area contributed by atoms with Crippen LogP contribution < -0.4 is 9.64 Å². The minimum absolute atomic E-state index is 0.0308. The zero-order valence-electron chi connectivity index (χ0n) is 18.8. The molecule has 1 aliphatic heterocycles. The predicted molar refractivity (Wildman–Crippen MR) is 124 cm³/mol. The van der Waals surface area contributed by atoms with Gasteiger partial charge in [0, 0.05) is 26.2 Å². The molecule has 8 nitrogen and oxygen atoms in total. The lowest BCUT2D eigenvalue weighted by Crippen LogP contribution is -2.49. The number of aryl methyl sites for hydroxylation is 1. The van der Waals surface area contributed by atoms with E-state index in [9.17, 15) is 9.90 Å². The van der Waals surface area contributed by atoms with Gasteiger partial charge in [0.25, 0.3) is 5.89 Å². The van der Waals surface area contributed by atoms with Crippen LogP contribution in [0.4, 0.5) is 5.69 Å². The highest BCUT2D eigenvalue weighted by atomic mass is 16.5. The lowest BCUT2D eigenvalue weighted by Gasteiger charge is -2.36. The maximum Gasteiger partial charge on any atom is 0.261 e. The second kappa shape index (κ2) is 9.13. The SMILES string of the molecule is COc1ccccc1N1CCN(C(=O)Cc2noc(-c3ccc4c(c3O)CCCC4)n2)CC1. The number of hydrogen-bond acceptors (Lipinski definition) is 7. The number of ether oxygens (including phenoxy) is 1. The van der Waals surface area contributed by atoms with Gasteiger partial charge in [0.1, 0.15) is 11.5 Å². The van der Waals surface area contributed by atoms with Gasteiger partial charge < -0.3 is 24.2 Å². The number of para-hydroxylation sites is 2. The van der Waals surface area contributed by atoms with Crippen molar-refractivity contribution in [2.75, 3.05) is 38.2 Å². The van der Waals surface area contributed by atoms with Crippen LogP contribution in [0.25, 0.3) is 11.5 Å². The third-order valence-electron chi connectivity index (χ3n) is 6.57. The molecule has 1 aliphatic carbocycles. The van der Waals surface area contributed by atoms with E-state index in [0.29, 0.717) is 24.5 Å². The first-order chi connectivity index (χ1) is 16.1. The number of carbonyl (C=O) groups excluding carboxylic acids is 1. The summed E-state index contributed by atoms with van der Waals surface area (Å²) in [6.07, 6.45) is 4.12. The van der Waals surface area contributed by atoms with Gasteiger partial charge in [-0.1, -0.05) is 23.4 Å². The van der Waals surface area contributed by atoms with E-state index in [4.69, 9.17) is 9.26 Å². The van der Waals surface area contributed by atoms with Crippen molar-refractivity contribution < 1.29 is 19.2 Å². The average molecular weight is 449 g/mol. The highest BCUT2D eigenvalue weighted by molar-refractivity contribution is 5.78. The van der Waals surface area contributed by atoms with Gasteiger partial charge in [0.2, 0.25) is 5.91 Å². The number of aromatic hydroxyl groups is 1. The van der Waals surface area contributed by atoms with Crippen molar-refractivity contribution in [3.63, 3.8) is 0 Å². The van der Waals surface area contributed by atoms with E-state index in [0.717, 1.165) is 55.8 Å². The fourth-order valence-corrected chi connectivity index (χ4v) is 4.75. The maximum absolute atomic E-state index is 12.8. The van der Waals surface area contributed by atoms with E-state index in [1.54, 1.807) is 7.11 Å². The summed E-state index contributed by atoms with van der Waals surface area (Å²) in [5.41, 5.74) is 3.74. The van der Waals surface area contributed by atoms with Crippen molar-refractivity contribution in [2.24, 2.45) is 0 Å². The van der Waals surface area contributed by atoms with E-state index in [1.807, 2.05) is 41.3 Å². The number of hydrogen-bond donors (Lipinski definition) is 1. The normalized spacial score (nSPS) is 15.9. The second-order valence-electron chi connectivity index (χ2n) is 8.54. The van der Waals surface area contributed by atoms with E-state index in [-0.39, 0.29) is 24.0 Å². The van der Waals surface area contributed by atoms with Crippen LogP contribution >= 0.6 is 0 Å². The number of piperazine rings is 1. The molecule has 1 fully saturated rings. The highest BCUT2D eigenvalue weighted by Gasteiger charge is 2.25. The number of benzene rings is 2. The Morgan fingerprint density at radius 2 is 1.88 bits per heavy atom. The van der Waals surface area contributed by atoms with E-state index < -0.39 is 0 Å². The summed E-state index contributed by atoms with van der Waals surface area (Å²) in [5, 5.41) is 14.7. The van der Waals surface area contributed by atoms with Gasteiger partial charge in [0.15, 0.2) is 5.82 Å². The van der Waals surface area contributed by atoms with Crippen LogP contribution in [0.3, 0.4) is 0 Å². The average Bonchev–Trinajstić information content (AvgIpc) is 3.32. The predicted octanol–water partition coefficient (Wildman–Crippen LogP) is 3.22. The molecule has 172 valence electrons. The number of anilines is 1. The van der Waals surface area contributed by atoms with Gasteiger partial charge in [-0.05, 0) is 55.0 Å². The largest absolute Gasteiger partial charge is 0.507 e. The smallest absolute Gasteiger partial charge is 0.261 e. The quantitative estimate of drug-likeness (QED) is 0.641. The number of aromatic nitrogens is 2. The minimum atomic E-state index is -0.0308. The first-order valence-corrected chi connectivity index (χ1v) is 11.5. The Labute approximate surface area is 192 Å². The molecule has 0 atom stereocenters. The Morgan fingerprint density at radius 1 is 1.09 bits per heavy atom. The third kappa shape index (κ3) is 4.25. The van der Waals surface area contributed by atoms with Gasteiger partial charge >= 0.3 is 0 Å². The molecule has 1 saturated heterocycles. The molecule has 1 N–H and O–H groups in total. The number of rotatable bonds is 5. The van der Waals surface area contributed by atoms with Crippen LogP contribution in [0.5, 0.6) is 11.5 Å². The number of phenolic OH excluding ortho intramolecular Hbond substituents is 1. The van der Waals surface area contributed by atoms with E-state index in [1.165, 1.54) is 5.56 Å². The number of carbonyl (C=O) groups is 1. The molecule has 8 heteroatoms. The van der Waals surface area contributed by atoms with Crippen LogP contribution in [-0.2, 0) is 24.1 Å². The zero-order chi connectivity index (χ0) is 22.8. The first kappa shape index (κ1) is 21.3. The van der Waals surface area contributed by atoms with Gasteiger partial charge in [0.05, 0.1) is 24.8 Å². The minimum Gasteiger partial charge on any atom is -0.507 e. The Balaban J connectivity index is 1.22. The van der Waals surface area contributed by atoms with E-state index >= 15 is 0 Å². The summed E-state index contributed by atoms with van der Waals surface area (Å²) in [7, 11) is 1.67. The molecule has 2 aromatic carbocycles. The van der Waals surface area contributed by atoms with Crippen LogP contribution in [-0.4, -0.2) is 59.3 Å².